The number of fused-ring (bicyclic) bond motifs is 1. The molecule has 4 heteroatoms. The summed E-state index contributed by atoms with van der Waals surface area (Å²) in [4.78, 5) is 11.0. The number of nitrogens with zero attached hydrogens (tertiary/aromatic N) is 1. The van der Waals surface area contributed by atoms with Crippen LogP contribution in [-0.2, 0) is 11.2 Å². The van der Waals surface area contributed by atoms with Gasteiger partial charge in [-0.25, -0.2) is 0 Å². The van der Waals surface area contributed by atoms with Crippen molar-refractivity contribution >= 4 is 11.7 Å². The SMILES string of the molecule is Cc1cccc2c1CC(C(=O)O)C/C2=N/O. The Bertz CT molecular complexity index is 465. The Kier molecular flexibility index (Phi) is 2.64. The van der Waals surface area contributed by atoms with Gasteiger partial charge in [-0.1, -0.05) is 23.4 Å². The number of rotatable bonds is 1. The van der Waals surface area contributed by atoms with Gasteiger partial charge in [0.05, 0.1) is 11.6 Å². The van der Waals surface area contributed by atoms with Crippen LogP contribution in [0.3, 0.4) is 0 Å². The maximum Gasteiger partial charge on any atom is 0.307 e. The zero-order valence-corrected chi connectivity index (χ0v) is 8.97. The van der Waals surface area contributed by atoms with Crippen molar-refractivity contribution in [2.45, 2.75) is 19.8 Å². The van der Waals surface area contributed by atoms with Gasteiger partial charge in [0.15, 0.2) is 0 Å². The standard InChI is InChI=1S/C12H13NO3/c1-7-3-2-4-9-10(7)5-8(12(14)15)6-11(9)13-16/h2-4,8,16H,5-6H2,1H3,(H,14,15)/b13-11-. The summed E-state index contributed by atoms with van der Waals surface area (Å²) in [6.07, 6.45) is 0.804. The average Bonchev–Trinajstić information content (AvgIpc) is 2.28. The summed E-state index contributed by atoms with van der Waals surface area (Å²) in [6.45, 7) is 1.94. The molecular formula is C12H13NO3. The van der Waals surface area contributed by atoms with Gasteiger partial charge in [0.25, 0.3) is 0 Å². The molecule has 0 spiro atoms. The van der Waals surface area contributed by atoms with Crippen molar-refractivity contribution < 1.29 is 15.1 Å². The van der Waals surface area contributed by atoms with Crippen LogP contribution in [0.4, 0.5) is 0 Å². The van der Waals surface area contributed by atoms with Crippen molar-refractivity contribution in [2.75, 3.05) is 0 Å². The molecule has 2 N–H and O–H groups in total. The van der Waals surface area contributed by atoms with E-state index < -0.39 is 11.9 Å². The summed E-state index contributed by atoms with van der Waals surface area (Å²) < 4.78 is 0. The minimum atomic E-state index is -0.838. The van der Waals surface area contributed by atoms with Crippen molar-refractivity contribution in [3.8, 4) is 0 Å². The lowest BCUT2D eigenvalue weighted by molar-refractivity contribution is -0.141. The summed E-state index contributed by atoms with van der Waals surface area (Å²) in [5.74, 6) is -1.32. The first-order chi connectivity index (χ1) is 7.63. The first kappa shape index (κ1) is 10.7. The molecule has 1 aromatic carbocycles. The van der Waals surface area contributed by atoms with Gasteiger partial charge in [-0.05, 0) is 24.5 Å². The summed E-state index contributed by atoms with van der Waals surface area (Å²) >= 11 is 0. The Hall–Kier alpha value is -1.84. The maximum absolute atomic E-state index is 11.0. The van der Waals surface area contributed by atoms with Crippen molar-refractivity contribution in [2.24, 2.45) is 11.1 Å². The van der Waals surface area contributed by atoms with E-state index in [1.807, 2.05) is 25.1 Å². The number of carbonyl (C=O) groups is 1. The Balaban J connectivity index is 2.51. The molecule has 1 aliphatic carbocycles. The van der Waals surface area contributed by atoms with Gasteiger partial charge in [-0.2, -0.15) is 0 Å². The van der Waals surface area contributed by atoms with E-state index in [4.69, 9.17) is 10.3 Å². The van der Waals surface area contributed by atoms with Gasteiger partial charge >= 0.3 is 5.97 Å². The fourth-order valence-electron chi connectivity index (χ4n) is 2.17. The fraction of sp³-hybridized carbons (Fsp3) is 0.333. The topological polar surface area (TPSA) is 69.9 Å². The van der Waals surface area contributed by atoms with Crippen LogP contribution in [0.1, 0.15) is 23.1 Å². The normalized spacial score (nSPS) is 21.8. The fourth-order valence-corrected chi connectivity index (χ4v) is 2.17. The lowest BCUT2D eigenvalue weighted by Gasteiger charge is -2.23. The molecule has 16 heavy (non-hydrogen) atoms. The van der Waals surface area contributed by atoms with E-state index in [0.29, 0.717) is 18.6 Å². The zero-order valence-electron chi connectivity index (χ0n) is 8.97. The number of aliphatic carboxylic acids is 1. The molecule has 0 bridgehead atoms. The van der Waals surface area contributed by atoms with Crippen molar-refractivity contribution in [3.63, 3.8) is 0 Å². The van der Waals surface area contributed by atoms with Crippen LogP contribution in [0.25, 0.3) is 0 Å². The monoisotopic (exact) mass is 219 g/mol. The maximum atomic E-state index is 11.0. The first-order valence-electron chi connectivity index (χ1n) is 5.16. The van der Waals surface area contributed by atoms with Crippen LogP contribution in [0.5, 0.6) is 0 Å². The van der Waals surface area contributed by atoms with Gasteiger partial charge in [-0.3, -0.25) is 4.79 Å². The Morgan fingerprint density at radius 3 is 2.81 bits per heavy atom. The molecule has 0 aromatic heterocycles. The third-order valence-electron chi connectivity index (χ3n) is 3.08. The molecule has 0 amide bonds. The Labute approximate surface area is 93.2 Å². The molecule has 1 atom stereocenters. The predicted octanol–water partition coefficient (Wildman–Crippen LogP) is 1.82. The lowest BCUT2D eigenvalue weighted by Crippen LogP contribution is -2.27. The highest BCUT2D eigenvalue weighted by Gasteiger charge is 2.29. The molecule has 1 unspecified atom stereocenters. The highest BCUT2D eigenvalue weighted by Crippen LogP contribution is 2.28. The van der Waals surface area contributed by atoms with Crippen LogP contribution in [0.2, 0.25) is 0 Å². The molecule has 1 aliphatic rings. The summed E-state index contributed by atoms with van der Waals surface area (Å²) in [5, 5.41) is 21.2. The van der Waals surface area contributed by atoms with Crippen molar-refractivity contribution in [1.29, 1.82) is 0 Å². The highest BCUT2D eigenvalue weighted by molar-refractivity contribution is 6.04. The largest absolute Gasteiger partial charge is 0.481 e. The predicted molar refractivity (Wildman–Crippen MR) is 58.9 cm³/mol. The van der Waals surface area contributed by atoms with Gasteiger partial charge in [0.1, 0.15) is 0 Å². The molecule has 4 nitrogen and oxygen atoms in total. The number of hydrogen-bond acceptors (Lipinski definition) is 3. The quantitative estimate of drug-likeness (QED) is 0.559. The Morgan fingerprint density at radius 1 is 1.44 bits per heavy atom. The van der Waals surface area contributed by atoms with Crippen LogP contribution >= 0.6 is 0 Å². The summed E-state index contributed by atoms with van der Waals surface area (Å²) in [6, 6.07) is 5.70. The van der Waals surface area contributed by atoms with E-state index in [1.165, 1.54) is 0 Å². The number of carboxylic acid groups (broad SMARTS) is 1. The third kappa shape index (κ3) is 1.66. The molecule has 0 fully saturated rings. The minimum Gasteiger partial charge on any atom is -0.481 e. The second-order valence-electron chi connectivity index (χ2n) is 4.09. The summed E-state index contributed by atoms with van der Waals surface area (Å²) in [7, 11) is 0. The molecule has 0 saturated heterocycles. The highest BCUT2D eigenvalue weighted by atomic mass is 16.4. The van der Waals surface area contributed by atoms with E-state index in [2.05, 4.69) is 5.16 Å². The number of benzene rings is 1. The molecule has 0 aliphatic heterocycles. The number of aryl methyl sites for hydroxylation is 1. The number of oxime groups is 1. The molecular weight excluding hydrogens is 206 g/mol. The first-order valence-corrected chi connectivity index (χ1v) is 5.16. The zero-order chi connectivity index (χ0) is 11.7. The van der Waals surface area contributed by atoms with Crippen LogP contribution in [0.15, 0.2) is 23.4 Å². The number of hydrogen-bond donors (Lipinski definition) is 2. The van der Waals surface area contributed by atoms with E-state index in [-0.39, 0.29) is 0 Å². The van der Waals surface area contributed by atoms with Gasteiger partial charge in [0, 0.05) is 12.0 Å². The second-order valence-corrected chi connectivity index (χ2v) is 4.09. The average molecular weight is 219 g/mol. The summed E-state index contributed by atoms with van der Waals surface area (Å²) in [5.41, 5.74) is 3.37. The van der Waals surface area contributed by atoms with Gasteiger partial charge in [-0.15, -0.1) is 0 Å². The van der Waals surface area contributed by atoms with Crippen molar-refractivity contribution in [1.82, 2.24) is 0 Å². The van der Waals surface area contributed by atoms with E-state index in [9.17, 15) is 4.79 Å². The molecule has 84 valence electrons. The van der Waals surface area contributed by atoms with Crippen LogP contribution < -0.4 is 0 Å². The number of carboxylic acids is 1. The van der Waals surface area contributed by atoms with E-state index >= 15 is 0 Å². The molecule has 0 heterocycles. The lowest BCUT2D eigenvalue weighted by atomic mass is 9.81. The van der Waals surface area contributed by atoms with Crippen molar-refractivity contribution in [3.05, 3.63) is 34.9 Å². The van der Waals surface area contributed by atoms with Crippen LogP contribution in [-0.4, -0.2) is 22.0 Å². The Morgan fingerprint density at radius 2 is 2.19 bits per heavy atom. The smallest absolute Gasteiger partial charge is 0.307 e. The molecule has 2 rings (SSSR count). The van der Waals surface area contributed by atoms with Gasteiger partial charge < -0.3 is 10.3 Å². The molecule has 1 aromatic rings. The molecule has 0 radical (unpaired) electrons. The van der Waals surface area contributed by atoms with Gasteiger partial charge in [0.2, 0.25) is 0 Å². The minimum absolute atomic E-state index is 0.294. The second kappa shape index (κ2) is 3.96. The molecule has 0 saturated carbocycles. The van der Waals surface area contributed by atoms with Crippen LogP contribution in [0, 0.1) is 12.8 Å². The van der Waals surface area contributed by atoms with E-state index in [1.54, 1.807) is 0 Å². The third-order valence-corrected chi connectivity index (χ3v) is 3.08. The van der Waals surface area contributed by atoms with E-state index in [0.717, 1.165) is 16.7 Å².